The van der Waals surface area contributed by atoms with Crippen LogP contribution in [-0.4, -0.2) is 57.7 Å². The largest absolute Gasteiger partial charge is 0.480 e. The SMILES string of the molecule is COc1cc(C(=O)N2CC[C@@H](NC(=O)c3ncccc3C(F)(F)F)[C@@H](c3ccccc3)C2)n(C)n1. The van der Waals surface area contributed by atoms with E-state index in [1.165, 1.54) is 11.8 Å². The lowest BCUT2D eigenvalue weighted by Gasteiger charge is -2.39. The molecule has 0 spiro atoms. The van der Waals surface area contributed by atoms with Gasteiger partial charge in [0.25, 0.3) is 11.8 Å². The molecule has 11 heteroatoms. The molecular weight excluding hydrogens is 463 g/mol. The normalized spacial score (nSPS) is 18.3. The van der Waals surface area contributed by atoms with Gasteiger partial charge in [-0.05, 0) is 24.1 Å². The molecule has 0 saturated carbocycles. The summed E-state index contributed by atoms with van der Waals surface area (Å²) in [4.78, 5) is 31.5. The van der Waals surface area contributed by atoms with Gasteiger partial charge in [0.05, 0.1) is 12.7 Å². The number of methoxy groups -OCH3 is 1. The molecule has 184 valence electrons. The summed E-state index contributed by atoms with van der Waals surface area (Å²) in [6.07, 6.45) is -3.21. The van der Waals surface area contributed by atoms with Crippen LogP contribution < -0.4 is 10.1 Å². The summed E-state index contributed by atoms with van der Waals surface area (Å²) in [5.41, 5.74) is -0.562. The van der Waals surface area contributed by atoms with Gasteiger partial charge < -0.3 is 15.0 Å². The van der Waals surface area contributed by atoms with Crippen molar-refractivity contribution in [3.63, 3.8) is 0 Å². The summed E-state index contributed by atoms with van der Waals surface area (Å²) in [7, 11) is 3.10. The smallest absolute Gasteiger partial charge is 0.418 e. The number of rotatable bonds is 5. The van der Waals surface area contributed by atoms with Crippen LogP contribution in [0.15, 0.2) is 54.7 Å². The molecule has 8 nitrogen and oxygen atoms in total. The van der Waals surface area contributed by atoms with Gasteiger partial charge in [0.2, 0.25) is 5.88 Å². The van der Waals surface area contributed by atoms with Gasteiger partial charge in [0.1, 0.15) is 11.4 Å². The molecule has 1 aliphatic rings. The molecule has 35 heavy (non-hydrogen) atoms. The third-order valence-corrected chi connectivity index (χ3v) is 6.06. The lowest BCUT2D eigenvalue weighted by Crippen LogP contribution is -2.51. The molecule has 2 amide bonds. The number of benzene rings is 1. The van der Waals surface area contributed by atoms with Crippen molar-refractivity contribution in [2.24, 2.45) is 7.05 Å². The van der Waals surface area contributed by atoms with Crippen LogP contribution in [0.1, 0.15) is 44.4 Å². The van der Waals surface area contributed by atoms with Crippen LogP contribution in [0.2, 0.25) is 0 Å². The van der Waals surface area contributed by atoms with Crippen LogP contribution in [0.5, 0.6) is 5.88 Å². The van der Waals surface area contributed by atoms with Crippen LogP contribution in [-0.2, 0) is 13.2 Å². The van der Waals surface area contributed by atoms with Crippen molar-refractivity contribution in [2.75, 3.05) is 20.2 Å². The molecule has 1 fully saturated rings. The first-order chi connectivity index (χ1) is 16.7. The fraction of sp³-hybridized carbons (Fsp3) is 0.333. The Bertz CT molecular complexity index is 1210. The molecule has 1 saturated heterocycles. The number of carbonyl (C=O) groups excluding carboxylic acids is 2. The second-order valence-electron chi connectivity index (χ2n) is 8.23. The quantitative estimate of drug-likeness (QED) is 0.597. The molecule has 0 bridgehead atoms. The number of nitrogens with one attached hydrogen (secondary N) is 1. The topological polar surface area (TPSA) is 89.4 Å². The highest BCUT2D eigenvalue weighted by molar-refractivity contribution is 5.94. The lowest BCUT2D eigenvalue weighted by molar-refractivity contribution is -0.138. The summed E-state index contributed by atoms with van der Waals surface area (Å²) >= 11 is 0. The Hall–Kier alpha value is -3.89. The predicted molar refractivity (Wildman–Crippen MR) is 120 cm³/mol. The molecule has 2 aromatic heterocycles. The first-order valence-corrected chi connectivity index (χ1v) is 10.9. The number of hydrogen-bond donors (Lipinski definition) is 1. The highest BCUT2D eigenvalue weighted by Gasteiger charge is 2.38. The molecule has 0 unspecified atom stereocenters. The summed E-state index contributed by atoms with van der Waals surface area (Å²) in [5, 5.41) is 6.87. The van der Waals surface area contributed by atoms with E-state index in [0.717, 1.165) is 23.9 Å². The maximum absolute atomic E-state index is 13.4. The highest BCUT2D eigenvalue weighted by Crippen LogP contribution is 2.32. The zero-order chi connectivity index (χ0) is 25.2. The molecule has 4 rings (SSSR count). The summed E-state index contributed by atoms with van der Waals surface area (Å²) in [6, 6.07) is 12.3. The Morgan fingerprint density at radius 3 is 2.54 bits per heavy atom. The molecule has 2 atom stereocenters. The van der Waals surface area contributed by atoms with E-state index in [1.807, 2.05) is 30.3 Å². The third-order valence-electron chi connectivity index (χ3n) is 6.06. The number of alkyl halides is 3. The Labute approximate surface area is 199 Å². The molecule has 0 aliphatic carbocycles. The molecule has 3 aromatic rings. The minimum atomic E-state index is -4.71. The Kier molecular flexibility index (Phi) is 6.77. The first-order valence-electron chi connectivity index (χ1n) is 10.9. The average Bonchev–Trinajstić information content (AvgIpc) is 3.24. The summed E-state index contributed by atoms with van der Waals surface area (Å²) < 4.78 is 46.8. The number of halogens is 3. The van der Waals surface area contributed by atoms with Gasteiger partial charge in [0.15, 0.2) is 0 Å². The molecule has 1 aromatic carbocycles. The third kappa shape index (κ3) is 5.13. The van der Waals surface area contributed by atoms with Crippen LogP contribution in [0, 0.1) is 0 Å². The van der Waals surface area contributed by atoms with E-state index in [1.54, 1.807) is 18.0 Å². The van der Waals surface area contributed by atoms with E-state index < -0.39 is 29.4 Å². The number of pyridine rings is 1. The number of nitrogens with zero attached hydrogens (tertiary/aromatic N) is 4. The fourth-order valence-corrected chi connectivity index (χ4v) is 4.30. The van der Waals surface area contributed by atoms with E-state index in [-0.39, 0.29) is 18.4 Å². The van der Waals surface area contributed by atoms with Crippen LogP contribution in [0.4, 0.5) is 13.2 Å². The van der Waals surface area contributed by atoms with E-state index in [4.69, 9.17) is 4.74 Å². The van der Waals surface area contributed by atoms with E-state index in [2.05, 4.69) is 15.4 Å². The second kappa shape index (κ2) is 9.77. The van der Waals surface area contributed by atoms with Crippen molar-refractivity contribution in [1.82, 2.24) is 25.0 Å². The van der Waals surface area contributed by atoms with Gasteiger partial charge in [0, 0.05) is 44.4 Å². The van der Waals surface area contributed by atoms with Gasteiger partial charge in [-0.3, -0.25) is 19.3 Å². The van der Waals surface area contributed by atoms with Crippen molar-refractivity contribution in [3.05, 3.63) is 77.2 Å². The lowest BCUT2D eigenvalue weighted by atomic mass is 9.85. The zero-order valence-electron chi connectivity index (χ0n) is 19.1. The number of ether oxygens (including phenoxy) is 1. The van der Waals surface area contributed by atoms with Crippen molar-refractivity contribution in [1.29, 1.82) is 0 Å². The molecule has 0 radical (unpaired) electrons. The van der Waals surface area contributed by atoms with Gasteiger partial charge in [-0.25, -0.2) is 0 Å². The number of carbonyl (C=O) groups is 2. The van der Waals surface area contributed by atoms with Crippen molar-refractivity contribution < 1.29 is 27.5 Å². The van der Waals surface area contributed by atoms with Gasteiger partial charge in [-0.2, -0.15) is 13.2 Å². The maximum Gasteiger partial charge on any atom is 0.418 e. The van der Waals surface area contributed by atoms with Crippen molar-refractivity contribution in [3.8, 4) is 5.88 Å². The van der Waals surface area contributed by atoms with Crippen LogP contribution >= 0.6 is 0 Å². The summed E-state index contributed by atoms with van der Waals surface area (Å²) in [6.45, 7) is 0.560. The number of aryl methyl sites for hydroxylation is 1. The minimum Gasteiger partial charge on any atom is -0.480 e. The standard InChI is InChI=1S/C24H24F3N5O3/c1-31-19(13-20(30-31)35-2)23(34)32-12-10-18(16(14-32)15-7-4-3-5-8-15)29-22(33)21-17(24(25,26)27)9-6-11-28-21/h3-9,11,13,16,18H,10,12,14H2,1-2H3,(H,29,33)/t16-,18-/m1/s1. The van der Waals surface area contributed by atoms with E-state index in [9.17, 15) is 22.8 Å². The molecule has 3 heterocycles. The van der Waals surface area contributed by atoms with Crippen molar-refractivity contribution in [2.45, 2.75) is 24.6 Å². The minimum absolute atomic E-state index is 0.252. The molecule has 1 N–H and O–H groups in total. The van der Waals surface area contributed by atoms with Gasteiger partial charge in [-0.15, -0.1) is 5.10 Å². The molecule has 1 aliphatic heterocycles. The number of aromatic nitrogens is 3. The second-order valence-corrected chi connectivity index (χ2v) is 8.23. The monoisotopic (exact) mass is 487 g/mol. The fourth-order valence-electron chi connectivity index (χ4n) is 4.30. The number of likely N-dealkylation sites (tertiary alicyclic amines) is 1. The van der Waals surface area contributed by atoms with Gasteiger partial charge in [-0.1, -0.05) is 30.3 Å². The van der Waals surface area contributed by atoms with Gasteiger partial charge >= 0.3 is 6.18 Å². The van der Waals surface area contributed by atoms with Crippen molar-refractivity contribution >= 4 is 11.8 Å². The Morgan fingerprint density at radius 2 is 1.89 bits per heavy atom. The Balaban J connectivity index is 1.59. The number of amides is 2. The first kappa shape index (κ1) is 24.2. The number of hydrogen-bond acceptors (Lipinski definition) is 5. The van der Waals surface area contributed by atoms with E-state index >= 15 is 0 Å². The highest BCUT2D eigenvalue weighted by atomic mass is 19.4. The molecular formula is C24H24F3N5O3. The Morgan fingerprint density at radius 1 is 1.14 bits per heavy atom. The average molecular weight is 487 g/mol. The van der Waals surface area contributed by atoms with Crippen LogP contribution in [0.25, 0.3) is 0 Å². The summed E-state index contributed by atoms with van der Waals surface area (Å²) in [5.74, 6) is -1.18. The zero-order valence-corrected chi connectivity index (χ0v) is 19.1. The number of piperidine rings is 1. The van der Waals surface area contributed by atoms with Crippen LogP contribution in [0.3, 0.4) is 0 Å². The maximum atomic E-state index is 13.4. The predicted octanol–water partition coefficient (Wildman–Crippen LogP) is 3.27. The van der Waals surface area contributed by atoms with E-state index in [0.29, 0.717) is 24.5 Å².